The van der Waals surface area contributed by atoms with E-state index >= 15 is 0 Å². The molecule has 0 aromatic heterocycles. The number of carbonyl (C=O) groups excluding carboxylic acids is 2. The molecule has 0 bridgehead atoms. The average molecular weight is 457 g/mol. The molecule has 6 heteroatoms. The van der Waals surface area contributed by atoms with Gasteiger partial charge in [-0.2, -0.15) is 0 Å². The average Bonchev–Trinajstić information content (AvgIpc) is 3.21. The molecule has 1 aliphatic heterocycles. The lowest BCUT2D eigenvalue weighted by Crippen LogP contribution is -2.52. The number of hydrogen-bond donors (Lipinski definition) is 1. The number of morpholine rings is 1. The Morgan fingerprint density at radius 1 is 0.882 bits per heavy atom. The van der Waals surface area contributed by atoms with Gasteiger partial charge in [0.15, 0.2) is 0 Å². The van der Waals surface area contributed by atoms with Crippen LogP contribution in [0.15, 0.2) is 78.9 Å². The Hall–Kier alpha value is -3.64. The first-order chi connectivity index (χ1) is 16.7. The first-order valence-electron chi connectivity index (χ1n) is 11.7. The van der Waals surface area contributed by atoms with Crippen LogP contribution >= 0.6 is 0 Å². The number of hydrogen-bond acceptors (Lipinski definition) is 4. The smallest absolute Gasteiger partial charge is 0.407 e. The topological polar surface area (TPSA) is 67.9 Å². The number of amides is 2. The van der Waals surface area contributed by atoms with Crippen LogP contribution in [0.2, 0.25) is 0 Å². The van der Waals surface area contributed by atoms with Crippen LogP contribution in [0, 0.1) is 0 Å². The van der Waals surface area contributed by atoms with Gasteiger partial charge in [-0.15, -0.1) is 0 Å². The van der Waals surface area contributed by atoms with Gasteiger partial charge in [0, 0.05) is 25.4 Å². The van der Waals surface area contributed by atoms with Crippen LogP contribution in [-0.2, 0) is 20.7 Å². The Bertz CT molecular complexity index is 1110. The van der Waals surface area contributed by atoms with Crippen LogP contribution in [0.4, 0.5) is 4.79 Å². The van der Waals surface area contributed by atoms with Crippen molar-refractivity contribution in [2.75, 3.05) is 32.9 Å². The van der Waals surface area contributed by atoms with Gasteiger partial charge in [0.1, 0.15) is 12.6 Å². The predicted molar refractivity (Wildman–Crippen MR) is 130 cm³/mol. The molecule has 1 atom stereocenters. The molecular weight excluding hydrogens is 428 g/mol. The molecule has 1 saturated heterocycles. The van der Waals surface area contributed by atoms with Crippen LogP contribution in [0.5, 0.6) is 0 Å². The predicted octanol–water partition coefficient (Wildman–Crippen LogP) is 4.00. The van der Waals surface area contributed by atoms with Crippen molar-refractivity contribution in [2.24, 2.45) is 0 Å². The molecular formula is C28H28N2O4. The van der Waals surface area contributed by atoms with Gasteiger partial charge in [0.05, 0.1) is 13.2 Å². The molecule has 1 fully saturated rings. The quantitative estimate of drug-likeness (QED) is 0.609. The number of carbonyl (C=O) groups is 2. The normalized spacial score (nSPS) is 15.8. The summed E-state index contributed by atoms with van der Waals surface area (Å²) >= 11 is 0. The third-order valence-corrected chi connectivity index (χ3v) is 6.54. The molecule has 0 unspecified atom stereocenters. The standard InChI is InChI=1S/C28H28N2O4/c31-27(30-14-16-33-17-15-30)26(18-20-8-2-1-3-9-20)29-28(32)34-19-25-23-12-6-4-10-21(23)22-11-5-7-13-24(22)25/h1-13,25-26H,14-19H2,(H,29,32)/t26-/m1/s1. The Balaban J connectivity index is 1.28. The highest BCUT2D eigenvalue weighted by Gasteiger charge is 2.31. The van der Waals surface area contributed by atoms with Crippen LogP contribution in [0.25, 0.3) is 11.1 Å². The summed E-state index contributed by atoms with van der Waals surface area (Å²) in [6, 6.07) is 25.4. The molecule has 0 spiro atoms. The van der Waals surface area contributed by atoms with E-state index in [9.17, 15) is 9.59 Å². The fourth-order valence-corrected chi connectivity index (χ4v) is 4.84. The van der Waals surface area contributed by atoms with Crippen molar-refractivity contribution < 1.29 is 19.1 Å². The van der Waals surface area contributed by atoms with E-state index in [1.807, 2.05) is 54.6 Å². The van der Waals surface area contributed by atoms with Crippen molar-refractivity contribution in [2.45, 2.75) is 18.4 Å². The van der Waals surface area contributed by atoms with E-state index in [-0.39, 0.29) is 18.4 Å². The number of alkyl carbamates (subject to hydrolysis) is 1. The van der Waals surface area contributed by atoms with Gasteiger partial charge in [-0.1, -0.05) is 78.9 Å². The maximum atomic E-state index is 13.2. The van der Waals surface area contributed by atoms with E-state index in [1.165, 1.54) is 11.1 Å². The van der Waals surface area contributed by atoms with Gasteiger partial charge in [-0.25, -0.2) is 4.79 Å². The Morgan fingerprint density at radius 2 is 1.47 bits per heavy atom. The molecule has 2 amide bonds. The van der Waals surface area contributed by atoms with Crippen molar-refractivity contribution in [3.63, 3.8) is 0 Å². The third kappa shape index (κ3) is 4.68. The molecule has 34 heavy (non-hydrogen) atoms. The minimum Gasteiger partial charge on any atom is -0.449 e. The molecule has 2 aliphatic rings. The summed E-state index contributed by atoms with van der Waals surface area (Å²) in [6.45, 7) is 2.28. The monoisotopic (exact) mass is 456 g/mol. The zero-order valence-corrected chi connectivity index (χ0v) is 19.0. The maximum Gasteiger partial charge on any atom is 0.407 e. The molecule has 174 valence electrons. The van der Waals surface area contributed by atoms with Gasteiger partial charge >= 0.3 is 6.09 Å². The summed E-state index contributed by atoms with van der Waals surface area (Å²) in [7, 11) is 0. The van der Waals surface area contributed by atoms with Gasteiger partial charge in [-0.05, 0) is 27.8 Å². The SMILES string of the molecule is O=C(N[C@H](Cc1ccccc1)C(=O)N1CCOCC1)OCC1c2ccccc2-c2ccccc21. The minimum atomic E-state index is -0.698. The number of nitrogens with one attached hydrogen (secondary N) is 1. The van der Waals surface area contributed by atoms with E-state index in [2.05, 4.69) is 29.6 Å². The Kier molecular flexibility index (Phi) is 6.58. The third-order valence-electron chi connectivity index (χ3n) is 6.54. The van der Waals surface area contributed by atoms with E-state index in [0.717, 1.165) is 16.7 Å². The lowest BCUT2D eigenvalue weighted by atomic mass is 9.98. The van der Waals surface area contributed by atoms with Gasteiger partial charge in [-0.3, -0.25) is 4.79 Å². The van der Waals surface area contributed by atoms with E-state index in [0.29, 0.717) is 32.7 Å². The second-order valence-electron chi connectivity index (χ2n) is 8.65. The number of nitrogens with zero attached hydrogens (tertiary/aromatic N) is 1. The first kappa shape index (κ1) is 22.2. The first-order valence-corrected chi connectivity index (χ1v) is 11.7. The number of benzene rings is 3. The number of rotatable bonds is 6. The van der Waals surface area contributed by atoms with Crippen LogP contribution in [0.1, 0.15) is 22.6 Å². The van der Waals surface area contributed by atoms with E-state index in [4.69, 9.17) is 9.47 Å². The molecule has 1 N–H and O–H groups in total. The lowest BCUT2D eigenvalue weighted by Gasteiger charge is -2.30. The summed E-state index contributed by atoms with van der Waals surface area (Å²) in [4.78, 5) is 27.9. The molecule has 5 rings (SSSR count). The molecule has 3 aromatic rings. The molecule has 1 heterocycles. The zero-order chi connectivity index (χ0) is 23.3. The molecule has 3 aromatic carbocycles. The summed E-state index contributed by atoms with van der Waals surface area (Å²) in [5.41, 5.74) is 5.64. The highest BCUT2D eigenvalue weighted by molar-refractivity contribution is 5.86. The van der Waals surface area contributed by atoms with Crippen molar-refractivity contribution >= 4 is 12.0 Å². The fraction of sp³-hybridized carbons (Fsp3) is 0.286. The van der Waals surface area contributed by atoms with E-state index < -0.39 is 12.1 Å². The van der Waals surface area contributed by atoms with Crippen molar-refractivity contribution in [1.29, 1.82) is 0 Å². The van der Waals surface area contributed by atoms with Crippen LogP contribution < -0.4 is 5.32 Å². The number of ether oxygens (including phenoxy) is 2. The molecule has 0 radical (unpaired) electrons. The summed E-state index contributed by atoms with van der Waals surface area (Å²) in [5, 5.41) is 2.84. The lowest BCUT2D eigenvalue weighted by molar-refractivity contribution is -0.137. The molecule has 1 aliphatic carbocycles. The van der Waals surface area contributed by atoms with Crippen LogP contribution in [-0.4, -0.2) is 55.9 Å². The van der Waals surface area contributed by atoms with Gasteiger partial charge in [0.25, 0.3) is 0 Å². The number of fused-ring (bicyclic) bond motifs is 3. The van der Waals surface area contributed by atoms with Crippen molar-refractivity contribution in [3.05, 3.63) is 95.6 Å². The van der Waals surface area contributed by atoms with Gasteiger partial charge < -0.3 is 19.7 Å². The largest absolute Gasteiger partial charge is 0.449 e. The fourth-order valence-electron chi connectivity index (χ4n) is 4.84. The summed E-state index contributed by atoms with van der Waals surface area (Å²) in [5.74, 6) is -0.138. The van der Waals surface area contributed by atoms with Crippen molar-refractivity contribution in [3.8, 4) is 11.1 Å². The Morgan fingerprint density at radius 3 is 2.12 bits per heavy atom. The highest BCUT2D eigenvalue weighted by atomic mass is 16.5. The van der Waals surface area contributed by atoms with Crippen LogP contribution in [0.3, 0.4) is 0 Å². The summed E-state index contributed by atoms with van der Waals surface area (Å²) < 4.78 is 11.1. The van der Waals surface area contributed by atoms with Crippen molar-refractivity contribution in [1.82, 2.24) is 10.2 Å². The second kappa shape index (κ2) is 10.1. The molecule has 0 saturated carbocycles. The van der Waals surface area contributed by atoms with E-state index in [1.54, 1.807) is 4.90 Å². The minimum absolute atomic E-state index is 0.0272. The highest BCUT2D eigenvalue weighted by Crippen LogP contribution is 2.44. The maximum absolute atomic E-state index is 13.2. The molecule has 6 nitrogen and oxygen atoms in total. The Labute approximate surface area is 199 Å². The van der Waals surface area contributed by atoms with Gasteiger partial charge in [0.2, 0.25) is 5.91 Å². The summed E-state index contributed by atoms with van der Waals surface area (Å²) in [6.07, 6.45) is -0.175. The second-order valence-corrected chi connectivity index (χ2v) is 8.65. The zero-order valence-electron chi connectivity index (χ0n) is 19.0.